The van der Waals surface area contributed by atoms with Gasteiger partial charge in [0, 0.05) is 29.4 Å². The Hall–Kier alpha value is -2.89. The molecule has 0 saturated carbocycles. The van der Waals surface area contributed by atoms with Crippen LogP contribution in [-0.2, 0) is 4.79 Å². The number of aromatic amines is 1. The molecular weight excluding hydrogens is 306 g/mol. The average molecular weight is 323 g/mol. The molecule has 1 aliphatic heterocycles. The van der Waals surface area contributed by atoms with Gasteiger partial charge in [0.05, 0.1) is 17.6 Å². The topological polar surface area (TPSA) is 86.3 Å². The van der Waals surface area contributed by atoms with Gasteiger partial charge in [0.1, 0.15) is 5.69 Å². The number of hydrogen-bond donors (Lipinski definition) is 2. The lowest BCUT2D eigenvalue weighted by Crippen LogP contribution is -2.40. The molecule has 0 atom stereocenters. The lowest BCUT2D eigenvalue weighted by molar-refractivity contribution is -0.143. The summed E-state index contributed by atoms with van der Waals surface area (Å²) in [6.45, 7) is 0.923. The second kappa shape index (κ2) is 5.63. The molecule has 24 heavy (non-hydrogen) atoms. The number of benzene rings is 1. The highest BCUT2D eigenvalue weighted by Gasteiger charge is 2.28. The molecule has 0 bridgehead atoms. The average Bonchev–Trinajstić information content (AvgIpc) is 2.99. The number of carbonyl (C=O) groups is 2. The van der Waals surface area contributed by atoms with Crippen molar-refractivity contribution in [1.82, 2.24) is 14.9 Å². The van der Waals surface area contributed by atoms with E-state index in [1.54, 1.807) is 11.1 Å². The Morgan fingerprint density at radius 3 is 2.62 bits per heavy atom. The summed E-state index contributed by atoms with van der Waals surface area (Å²) in [6, 6.07) is 9.76. The summed E-state index contributed by atoms with van der Waals surface area (Å²) in [6.07, 6.45) is 2.68. The van der Waals surface area contributed by atoms with E-state index in [4.69, 9.17) is 5.11 Å². The third-order valence-electron chi connectivity index (χ3n) is 4.74. The molecule has 4 rings (SSSR count). The maximum atomic E-state index is 12.7. The molecule has 6 nitrogen and oxygen atoms in total. The van der Waals surface area contributed by atoms with Crippen molar-refractivity contribution in [3.8, 4) is 0 Å². The standard InChI is InChI=1S/C18H17N3O3/c22-17(21-7-5-11(6-8-21)18(23)24)15-9-13-12-3-1-2-4-14(12)20-16(13)10-19-15/h1-4,9-11,20H,5-8H2,(H,23,24). The van der Waals surface area contributed by atoms with Gasteiger partial charge in [-0.3, -0.25) is 9.59 Å². The highest BCUT2D eigenvalue weighted by atomic mass is 16.4. The number of likely N-dealkylation sites (tertiary alicyclic amines) is 1. The number of piperidine rings is 1. The van der Waals surface area contributed by atoms with Crippen LogP contribution in [0.1, 0.15) is 23.3 Å². The largest absolute Gasteiger partial charge is 0.481 e. The first kappa shape index (κ1) is 14.7. The number of fused-ring (bicyclic) bond motifs is 3. The van der Waals surface area contributed by atoms with Crippen LogP contribution in [0.4, 0.5) is 0 Å². The summed E-state index contributed by atoms with van der Waals surface area (Å²) in [5, 5.41) is 11.1. The Kier molecular flexibility index (Phi) is 3.45. The number of pyridine rings is 1. The minimum absolute atomic E-state index is 0.133. The van der Waals surface area contributed by atoms with Crippen LogP contribution in [0.5, 0.6) is 0 Å². The van der Waals surface area contributed by atoms with Crippen molar-refractivity contribution in [2.24, 2.45) is 5.92 Å². The van der Waals surface area contributed by atoms with Crippen LogP contribution in [0.2, 0.25) is 0 Å². The molecule has 122 valence electrons. The van der Waals surface area contributed by atoms with Crippen LogP contribution < -0.4 is 0 Å². The Morgan fingerprint density at radius 1 is 1.12 bits per heavy atom. The van der Waals surface area contributed by atoms with Gasteiger partial charge in [-0.25, -0.2) is 4.98 Å². The predicted molar refractivity (Wildman–Crippen MR) is 89.9 cm³/mol. The molecule has 3 heterocycles. The Morgan fingerprint density at radius 2 is 1.88 bits per heavy atom. The van der Waals surface area contributed by atoms with Gasteiger partial charge in [-0.2, -0.15) is 0 Å². The van der Waals surface area contributed by atoms with E-state index >= 15 is 0 Å². The maximum absolute atomic E-state index is 12.7. The van der Waals surface area contributed by atoms with Crippen LogP contribution in [0, 0.1) is 5.92 Å². The van der Waals surface area contributed by atoms with E-state index in [0.717, 1.165) is 21.8 Å². The molecule has 1 saturated heterocycles. The molecule has 0 aliphatic carbocycles. The summed E-state index contributed by atoms with van der Waals surface area (Å²) in [5.41, 5.74) is 2.32. The smallest absolute Gasteiger partial charge is 0.306 e. The molecule has 2 aromatic heterocycles. The van der Waals surface area contributed by atoms with Crippen molar-refractivity contribution in [3.05, 3.63) is 42.2 Å². The number of carbonyl (C=O) groups excluding carboxylic acids is 1. The first-order valence-corrected chi connectivity index (χ1v) is 8.02. The monoisotopic (exact) mass is 323 g/mol. The molecular formula is C18H17N3O3. The van der Waals surface area contributed by atoms with Crippen molar-refractivity contribution in [3.63, 3.8) is 0 Å². The number of H-pyrrole nitrogens is 1. The third kappa shape index (κ3) is 2.40. The van der Waals surface area contributed by atoms with Crippen molar-refractivity contribution < 1.29 is 14.7 Å². The molecule has 1 aromatic carbocycles. The Balaban J connectivity index is 1.63. The highest BCUT2D eigenvalue weighted by molar-refractivity contribution is 6.09. The molecule has 1 amide bonds. The number of rotatable bonds is 2. The van der Waals surface area contributed by atoms with Crippen LogP contribution in [-0.4, -0.2) is 44.9 Å². The predicted octanol–water partition coefficient (Wildman–Crippen LogP) is 2.65. The molecule has 3 aromatic rings. The molecule has 0 spiro atoms. The lowest BCUT2D eigenvalue weighted by Gasteiger charge is -2.29. The molecule has 0 unspecified atom stereocenters. The van der Waals surface area contributed by atoms with Gasteiger partial charge in [-0.05, 0) is 25.0 Å². The zero-order valence-electron chi connectivity index (χ0n) is 13.0. The van der Waals surface area contributed by atoms with E-state index in [-0.39, 0.29) is 11.8 Å². The second-order valence-corrected chi connectivity index (χ2v) is 6.19. The molecule has 0 radical (unpaired) electrons. The van der Waals surface area contributed by atoms with Crippen molar-refractivity contribution in [2.45, 2.75) is 12.8 Å². The highest BCUT2D eigenvalue weighted by Crippen LogP contribution is 2.26. The van der Waals surface area contributed by atoms with Crippen LogP contribution in [0.25, 0.3) is 21.8 Å². The number of hydrogen-bond acceptors (Lipinski definition) is 3. The minimum atomic E-state index is -0.777. The van der Waals surface area contributed by atoms with Crippen molar-refractivity contribution >= 4 is 33.7 Å². The van der Waals surface area contributed by atoms with Gasteiger partial charge in [-0.15, -0.1) is 0 Å². The van der Waals surface area contributed by atoms with E-state index in [1.807, 2.05) is 30.3 Å². The molecule has 1 aliphatic rings. The van der Waals surface area contributed by atoms with E-state index in [2.05, 4.69) is 9.97 Å². The maximum Gasteiger partial charge on any atom is 0.306 e. The van der Waals surface area contributed by atoms with Crippen LogP contribution in [0.15, 0.2) is 36.5 Å². The Labute approximate surface area is 138 Å². The first-order chi connectivity index (χ1) is 11.6. The number of para-hydroxylation sites is 1. The fraction of sp³-hybridized carbons (Fsp3) is 0.278. The summed E-state index contributed by atoms with van der Waals surface area (Å²) in [4.78, 5) is 33.0. The number of nitrogens with one attached hydrogen (secondary N) is 1. The second-order valence-electron chi connectivity index (χ2n) is 6.19. The number of carboxylic acids is 1. The SMILES string of the molecule is O=C(O)C1CCN(C(=O)c2cc3c(cn2)[nH]c2ccccc23)CC1. The first-order valence-electron chi connectivity index (χ1n) is 8.02. The summed E-state index contributed by atoms with van der Waals surface area (Å²) in [7, 11) is 0. The van der Waals surface area contributed by atoms with Gasteiger partial charge in [0.15, 0.2) is 0 Å². The number of nitrogens with zero attached hydrogens (tertiary/aromatic N) is 2. The van der Waals surface area contributed by atoms with Gasteiger partial charge in [0.25, 0.3) is 5.91 Å². The van der Waals surface area contributed by atoms with Crippen molar-refractivity contribution in [1.29, 1.82) is 0 Å². The van der Waals surface area contributed by atoms with Gasteiger partial charge in [-0.1, -0.05) is 18.2 Å². The fourth-order valence-electron chi connectivity index (χ4n) is 3.36. The molecule has 2 N–H and O–H groups in total. The quantitative estimate of drug-likeness (QED) is 0.759. The van der Waals surface area contributed by atoms with Crippen LogP contribution in [0.3, 0.4) is 0 Å². The summed E-state index contributed by atoms with van der Waals surface area (Å²) < 4.78 is 0. The van der Waals surface area contributed by atoms with Gasteiger partial charge < -0.3 is 15.0 Å². The van der Waals surface area contributed by atoms with Gasteiger partial charge >= 0.3 is 5.97 Å². The minimum Gasteiger partial charge on any atom is -0.481 e. The number of aliphatic carboxylic acids is 1. The molecule has 6 heteroatoms. The zero-order chi connectivity index (χ0) is 16.7. The van der Waals surface area contributed by atoms with Crippen molar-refractivity contribution in [2.75, 3.05) is 13.1 Å². The number of amides is 1. The lowest BCUT2D eigenvalue weighted by atomic mass is 9.97. The number of carboxylic acid groups (broad SMARTS) is 1. The van der Waals surface area contributed by atoms with E-state index in [9.17, 15) is 9.59 Å². The third-order valence-corrected chi connectivity index (χ3v) is 4.74. The fourth-order valence-corrected chi connectivity index (χ4v) is 3.36. The molecule has 1 fully saturated rings. The van der Waals surface area contributed by atoms with Crippen LogP contribution >= 0.6 is 0 Å². The zero-order valence-corrected chi connectivity index (χ0v) is 13.0. The summed E-state index contributed by atoms with van der Waals surface area (Å²) >= 11 is 0. The Bertz CT molecular complexity index is 939. The summed E-state index contributed by atoms with van der Waals surface area (Å²) in [5.74, 6) is -1.26. The van der Waals surface area contributed by atoms with E-state index in [1.165, 1.54) is 0 Å². The number of aromatic nitrogens is 2. The van der Waals surface area contributed by atoms with E-state index < -0.39 is 5.97 Å². The van der Waals surface area contributed by atoms with Gasteiger partial charge in [0.2, 0.25) is 0 Å². The normalized spacial score (nSPS) is 15.9. The van der Waals surface area contributed by atoms with E-state index in [0.29, 0.717) is 31.6 Å².